The average molecular weight is 476 g/mol. The number of carbonyl (C=O) groups is 2. The summed E-state index contributed by atoms with van der Waals surface area (Å²) in [5.74, 6) is 1.09. The van der Waals surface area contributed by atoms with Crippen LogP contribution >= 0.6 is 11.8 Å². The summed E-state index contributed by atoms with van der Waals surface area (Å²) in [4.78, 5) is 26.8. The molecule has 0 aliphatic rings. The topological polar surface area (TPSA) is 93.3 Å². The van der Waals surface area contributed by atoms with Crippen molar-refractivity contribution in [1.82, 2.24) is 19.7 Å². The highest BCUT2D eigenvalue weighted by molar-refractivity contribution is 7.99. The van der Waals surface area contributed by atoms with E-state index < -0.39 is 0 Å². The molecule has 4 rings (SSSR count). The van der Waals surface area contributed by atoms with Gasteiger partial charge in [0.2, 0.25) is 11.7 Å². The van der Waals surface area contributed by atoms with Crippen molar-refractivity contribution in [1.29, 1.82) is 0 Å². The average Bonchev–Trinajstić information content (AvgIpc) is 3.54. The van der Waals surface area contributed by atoms with E-state index in [1.165, 1.54) is 11.8 Å². The Hall–Kier alpha value is -3.85. The summed E-state index contributed by atoms with van der Waals surface area (Å²) in [5.41, 5.74) is 2.09. The third-order valence-electron chi connectivity index (χ3n) is 5.19. The lowest BCUT2D eigenvalue weighted by Crippen LogP contribution is -2.30. The van der Waals surface area contributed by atoms with E-state index >= 15 is 0 Å². The van der Waals surface area contributed by atoms with Gasteiger partial charge in [-0.25, -0.2) is 0 Å². The highest BCUT2D eigenvalue weighted by Gasteiger charge is 2.19. The summed E-state index contributed by atoms with van der Waals surface area (Å²) < 4.78 is 7.38. The Labute approximate surface area is 202 Å². The summed E-state index contributed by atoms with van der Waals surface area (Å²) in [6.45, 7) is 5.20. The zero-order chi connectivity index (χ0) is 23.9. The maximum absolute atomic E-state index is 12.6. The summed E-state index contributed by atoms with van der Waals surface area (Å²) in [5, 5.41) is 12.0. The van der Waals surface area contributed by atoms with Crippen molar-refractivity contribution < 1.29 is 14.0 Å². The van der Waals surface area contributed by atoms with Gasteiger partial charge in [0.15, 0.2) is 10.9 Å². The van der Waals surface area contributed by atoms with Gasteiger partial charge in [0.05, 0.1) is 12.0 Å². The number of para-hydroxylation sites is 1. The zero-order valence-corrected chi connectivity index (χ0v) is 19.8. The van der Waals surface area contributed by atoms with Crippen LogP contribution in [0.5, 0.6) is 0 Å². The number of amides is 2. The largest absolute Gasteiger partial charge is 0.461 e. The highest BCUT2D eigenvalue weighted by Crippen LogP contribution is 2.28. The van der Waals surface area contributed by atoms with Gasteiger partial charge in [-0.2, -0.15) is 0 Å². The maximum atomic E-state index is 12.6. The molecule has 2 aromatic heterocycles. The van der Waals surface area contributed by atoms with Crippen LogP contribution in [0.25, 0.3) is 17.3 Å². The molecule has 0 fully saturated rings. The molecule has 2 heterocycles. The summed E-state index contributed by atoms with van der Waals surface area (Å²) in [7, 11) is 0. The molecule has 2 aromatic carbocycles. The number of aromatic nitrogens is 3. The predicted molar refractivity (Wildman–Crippen MR) is 132 cm³/mol. The molecule has 0 aliphatic carbocycles. The van der Waals surface area contributed by atoms with Gasteiger partial charge in [-0.05, 0) is 62.4 Å². The van der Waals surface area contributed by atoms with E-state index in [2.05, 4.69) is 15.5 Å². The number of anilines is 1. The molecule has 0 saturated carbocycles. The molecular formula is C25H25N5O3S. The van der Waals surface area contributed by atoms with Crippen LogP contribution in [0, 0.1) is 0 Å². The summed E-state index contributed by atoms with van der Waals surface area (Å²) in [6, 6.07) is 20.2. The standard InChI is InChI=1S/C25H25N5O3S/c1-3-29(4-2)24(32)18-12-14-19(15-13-18)26-22(31)17-34-25-28-27-23(21-11-8-16-33-21)30(25)20-9-6-5-7-10-20/h5-16H,3-4,17H2,1-2H3,(H,26,31). The van der Waals surface area contributed by atoms with Gasteiger partial charge in [-0.3, -0.25) is 14.2 Å². The van der Waals surface area contributed by atoms with Gasteiger partial charge < -0.3 is 14.6 Å². The van der Waals surface area contributed by atoms with Gasteiger partial charge in [0, 0.05) is 30.0 Å². The van der Waals surface area contributed by atoms with Gasteiger partial charge in [-0.15, -0.1) is 10.2 Å². The van der Waals surface area contributed by atoms with E-state index in [0.29, 0.717) is 41.1 Å². The van der Waals surface area contributed by atoms with Crippen LogP contribution in [0.4, 0.5) is 5.69 Å². The lowest BCUT2D eigenvalue weighted by Gasteiger charge is -2.18. The number of nitrogens with zero attached hydrogens (tertiary/aromatic N) is 4. The molecule has 8 nitrogen and oxygen atoms in total. The van der Waals surface area contributed by atoms with Crippen molar-refractivity contribution in [3.05, 3.63) is 78.6 Å². The number of furan rings is 1. The molecule has 0 radical (unpaired) electrons. The second-order valence-electron chi connectivity index (χ2n) is 7.35. The van der Waals surface area contributed by atoms with Crippen molar-refractivity contribution in [2.24, 2.45) is 0 Å². The molecule has 2 amide bonds. The van der Waals surface area contributed by atoms with Crippen LogP contribution in [-0.2, 0) is 4.79 Å². The molecule has 0 atom stereocenters. The number of nitrogens with one attached hydrogen (secondary N) is 1. The van der Waals surface area contributed by atoms with E-state index in [-0.39, 0.29) is 17.6 Å². The Morgan fingerprint density at radius 1 is 0.971 bits per heavy atom. The number of benzene rings is 2. The molecule has 0 aliphatic heterocycles. The monoisotopic (exact) mass is 475 g/mol. The molecule has 1 N–H and O–H groups in total. The Morgan fingerprint density at radius 2 is 1.71 bits per heavy atom. The Kier molecular flexibility index (Phi) is 7.44. The highest BCUT2D eigenvalue weighted by atomic mass is 32.2. The second kappa shape index (κ2) is 10.8. The fraction of sp³-hybridized carbons (Fsp3) is 0.200. The van der Waals surface area contributed by atoms with Crippen LogP contribution in [0.3, 0.4) is 0 Å². The second-order valence-corrected chi connectivity index (χ2v) is 8.29. The van der Waals surface area contributed by atoms with E-state index in [4.69, 9.17) is 4.42 Å². The van der Waals surface area contributed by atoms with E-state index in [1.54, 1.807) is 41.5 Å². The van der Waals surface area contributed by atoms with Gasteiger partial charge >= 0.3 is 0 Å². The fourth-order valence-corrected chi connectivity index (χ4v) is 4.21. The number of carbonyl (C=O) groups excluding carboxylic acids is 2. The fourth-order valence-electron chi connectivity index (χ4n) is 3.46. The lowest BCUT2D eigenvalue weighted by atomic mass is 10.2. The minimum absolute atomic E-state index is 0.0222. The number of rotatable bonds is 9. The van der Waals surface area contributed by atoms with Crippen molar-refractivity contribution in [3.8, 4) is 17.3 Å². The molecule has 174 valence electrons. The minimum Gasteiger partial charge on any atom is -0.461 e. The molecule has 34 heavy (non-hydrogen) atoms. The number of hydrogen-bond donors (Lipinski definition) is 1. The summed E-state index contributed by atoms with van der Waals surface area (Å²) in [6.07, 6.45) is 1.58. The first kappa shape index (κ1) is 23.3. The Morgan fingerprint density at radius 3 is 2.35 bits per heavy atom. The van der Waals surface area contributed by atoms with E-state index in [1.807, 2.05) is 54.8 Å². The zero-order valence-electron chi connectivity index (χ0n) is 19.0. The molecule has 9 heteroatoms. The van der Waals surface area contributed by atoms with Gasteiger partial charge in [-0.1, -0.05) is 30.0 Å². The maximum Gasteiger partial charge on any atom is 0.253 e. The van der Waals surface area contributed by atoms with Crippen molar-refractivity contribution in [2.45, 2.75) is 19.0 Å². The first-order valence-electron chi connectivity index (χ1n) is 11.0. The predicted octanol–water partition coefficient (Wildman–Crippen LogP) is 4.74. The SMILES string of the molecule is CCN(CC)C(=O)c1ccc(NC(=O)CSc2nnc(-c3ccco3)n2-c2ccccc2)cc1. The van der Waals surface area contributed by atoms with E-state index in [9.17, 15) is 9.59 Å². The number of thioether (sulfide) groups is 1. The first-order valence-corrected chi connectivity index (χ1v) is 12.0. The molecule has 4 aromatic rings. The quantitative estimate of drug-likeness (QED) is 0.352. The smallest absolute Gasteiger partial charge is 0.253 e. The van der Waals surface area contributed by atoms with Gasteiger partial charge in [0.1, 0.15) is 0 Å². The van der Waals surface area contributed by atoms with Crippen molar-refractivity contribution >= 4 is 29.3 Å². The third-order valence-corrected chi connectivity index (χ3v) is 6.12. The lowest BCUT2D eigenvalue weighted by molar-refractivity contribution is -0.113. The molecule has 0 unspecified atom stereocenters. The molecule has 0 bridgehead atoms. The Bertz CT molecular complexity index is 1230. The van der Waals surface area contributed by atoms with Crippen LogP contribution in [0.1, 0.15) is 24.2 Å². The van der Waals surface area contributed by atoms with Crippen molar-refractivity contribution in [2.75, 3.05) is 24.2 Å². The molecule has 0 saturated heterocycles. The normalized spacial score (nSPS) is 10.8. The first-order chi connectivity index (χ1) is 16.6. The molecule has 0 spiro atoms. The van der Waals surface area contributed by atoms with E-state index in [0.717, 1.165) is 5.69 Å². The summed E-state index contributed by atoms with van der Waals surface area (Å²) >= 11 is 1.28. The van der Waals surface area contributed by atoms with Gasteiger partial charge in [0.25, 0.3) is 5.91 Å². The van der Waals surface area contributed by atoms with Crippen molar-refractivity contribution in [3.63, 3.8) is 0 Å². The Balaban J connectivity index is 1.44. The van der Waals surface area contributed by atoms with Crippen LogP contribution in [0.2, 0.25) is 0 Å². The van der Waals surface area contributed by atoms with Crippen LogP contribution in [-0.4, -0.2) is 50.3 Å². The van der Waals surface area contributed by atoms with Crippen LogP contribution < -0.4 is 5.32 Å². The minimum atomic E-state index is -0.185. The third kappa shape index (κ3) is 5.20. The molecular weight excluding hydrogens is 450 g/mol. The van der Waals surface area contributed by atoms with Crippen LogP contribution in [0.15, 0.2) is 82.6 Å². The number of hydrogen-bond acceptors (Lipinski definition) is 6.